The quantitative estimate of drug-likeness (QED) is 0.730. The SMILES string of the molecule is O=S(=O)(c1ccc2c3c(oc2c1)CNCC3)c1cccnc1F. The van der Waals surface area contributed by atoms with Gasteiger partial charge < -0.3 is 9.73 Å². The molecule has 3 aromatic rings. The molecule has 0 saturated carbocycles. The van der Waals surface area contributed by atoms with Crippen molar-refractivity contribution >= 4 is 20.8 Å². The van der Waals surface area contributed by atoms with Crippen LogP contribution >= 0.6 is 0 Å². The summed E-state index contributed by atoms with van der Waals surface area (Å²) in [6.45, 7) is 1.49. The topological polar surface area (TPSA) is 72.2 Å². The highest BCUT2D eigenvalue weighted by molar-refractivity contribution is 7.91. The van der Waals surface area contributed by atoms with Crippen LogP contribution in [0, 0.1) is 5.95 Å². The van der Waals surface area contributed by atoms with E-state index >= 15 is 0 Å². The molecule has 3 heterocycles. The van der Waals surface area contributed by atoms with Gasteiger partial charge in [-0.15, -0.1) is 0 Å². The Morgan fingerprint density at radius 3 is 2.96 bits per heavy atom. The van der Waals surface area contributed by atoms with E-state index in [1.54, 1.807) is 6.07 Å². The van der Waals surface area contributed by atoms with Crippen LogP contribution in [0.3, 0.4) is 0 Å². The van der Waals surface area contributed by atoms with E-state index in [1.165, 1.54) is 30.5 Å². The number of nitrogens with one attached hydrogen (secondary N) is 1. The van der Waals surface area contributed by atoms with E-state index in [1.807, 2.05) is 0 Å². The fraction of sp³-hybridized carbons (Fsp3) is 0.188. The van der Waals surface area contributed by atoms with E-state index in [2.05, 4.69) is 10.3 Å². The number of sulfone groups is 1. The monoisotopic (exact) mass is 332 g/mol. The van der Waals surface area contributed by atoms with Crippen molar-refractivity contribution in [3.05, 3.63) is 53.8 Å². The van der Waals surface area contributed by atoms with Gasteiger partial charge in [-0.2, -0.15) is 4.39 Å². The number of hydrogen-bond acceptors (Lipinski definition) is 5. The average Bonchev–Trinajstić information content (AvgIpc) is 2.92. The fourth-order valence-corrected chi connectivity index (χ4v) is 4.17. The zero-order chi connectivity index (χ0) is 16.0. The predicted molar refractivity (Wildman–Crippen MR) is 81.3 cm³/mol. The van der Waals surface area contributed by atoms with Gasteiger partial charge in [0, 0.05) is 23.2 Å². The second-order valence-corrected chi connectivity index (χ2v) is 7.30. The van der Waals surface area contributed by atoms with Crippen molar-refractivity contribution in [1.82, 2.24) is 10.3 Å². The lowest BCUT2D eigenvalue weighted by molar-refractivity contribution is 0.487. The van der Waals surface area contributed by atoms with Gasteiger partial charge in [0.25, 0.3) is 0 Å². The van der Waals surface area contributed by atoms with E-state index in [0.717, 1.165) is 29.7 Å². The minimum atomic E-state index is -3.98. The first kappa shape index (κ1) is 14.3. The zero-order valence-corrected chi connectivity index (χ0v) is 12.9. The van der Waals surface area contributed by atoms with Gasteiger partial charge in [0.2, 0.25) is 15.8 Å². The molecule has 4 rings (SSSR count). The summed E-state index contributed by atoms with van der Waals surface area (Å²) >= 11 is 0. The van der Waals surface area contributed by atoms with Crippen molar-refractivity contribution in [2.75, 3.05) is 6.54 Å². The van der Waals surface area contributed by atoms with Crippen LogP contribution in [-0.2, 0) is 22.8 Å². The van der Waals surface area contributed by atoms with Crippen molar-refractivity contribution in [3.8, 4) is 0 Å². The van der Waals surface area contributed by atoms with Gasteiger partial charge >= 0.3 is 0 Å². The molecule has 1 aliphatic rings. The summed E-state index contributed by atoms with van der Waals surface area (Å²) in [6.07, 6.45) is 2.05. The molecule has 2 aromatic heterocycles. The van der Waals surface area contributed by atoms with Crippen LogP contribution in [0.5, 0.6) is 0 Å². The molecule has 1 N–H and O–H groups in total. The Labute approximate surface area is 132 Å². The lowest BCUT2D eigenvalue weighted by Gasteiger charge is -2.10. The summed E-state index contributed by atoms with van der Waals surface area (Å²) in [5, 5.41) is 4.12. The van der Waals surface area contributed by atoms with Crippen LogP contribution in [0.4, 0.5) is 4.39 Å². The van der Waals surface area contributed by atoms with Crippen molar-refractivity contribution in [2.24, 2.45) is 0 Å². The lowest BCUT2D eigenvalue weighted by Crippen LogP contribution is -2.22. The van der Waals surface area contributed by atoms with Gasteiger partial charge in [0.1, 0.15) is 16.2 Å². The van der Waals surface area contributed by atoms with Crippen molar-refractivity contribution in [3.63, 3.8) is 0 Å². The summed E-state index contributed by atoms with van der Waals surface area (Å²) in [6, 6.07) is 7.27. The maximum Gasteiger partial charge on any atom is 0.232 e. The zero-order valence-electron chi connectivity index (χ0n) is 12.0. The van der Waals surface area contributed by atoms with E-state index < -0.39 is 20.7 Å². The molecule has 1 aromatic carbocycles. The van der Waals surface area contributed by atoms with Gasteiger partial charge in [-0.25, -0.2) is 13.4 Å². The summed E-state index contributed by atoms with van der Waals surface area (Å²) < 4.78 is 44.7. The van der Waals surface area contributed by atoms with Crippen molar-refractivity contribution < 1.29 is 17.2 Å². The first-order chi connectivity index (χ1) is 11.1. The van der Waals surface area contributed by atoms with Crippen LogP contribution in [0.1, 0.15) is 11.3 Å². The Balaban J connectivity index is 1.88. The Morgan fingerprint density at radius 2 is 2.13 bits per heavy atom. The molecule has 0 aliphatic carbocycles. The Bertz CT molecular complexity index is 1010. The lowest BCUT2D eigenvalue weighted by atomic mass is 10.1. The van der Waals surface area contributed by atoms with E-state index in [-0.39, 0.29) is 4.90 Å². The summed E-state index contributed by atoms with van der Waals surface area (Å²) in [7, 11) is -3.98. The molecule has 0 atom stereocenters. The smallest absolute Gasteiger partial charge is 0.232 e. The first-order valence-corrected chi connectivity index (χ1v) is 8.66. The first-order valence-electron chi connectivity index (χ1n) is 7.18. The largest absolute Gasteiger partial charge is 0.459 e. The van der Waals surface area contributed by atoms with Gasteiger partial charge in [-0.05, 0) is 37.2 Å². The number of aromatic nitrogens is 1. The second kappa shape index (κ2) is 5.14. The van der Waals surface area contributed by atoms with Crippen LogP contribution in [-0.4, -0.2) is 19.9 Å². The molecule has 118 valence electrons. The Hall–Kier alpha value is -2.25. The van der Waals surface area contributed by atoms with Crippen LogP contribution in [0.15, 0.2) is 50.7 Å². The highest BCUT2D eigenvalue weighted by atomic mass is 32.2. The third-order valence-electron chi connectivity index (χ3n) is 4.01. The molecule has 0 spiro atoms. The molecule has 7 heteroatoms. The fourth-order valence-electron chi connectivity index (χ4n) is 2.88. The number of nitrogens with zero attached hydrogens (tertiary/aromatic N) is 1. The average molecular weight is 332 g/mol. The minimum Gasteiger partial charge on any atom is -0.459 e. The number of hydrogen-bond donors (Lipinski definition) is 1. The number of furan rings is 1. The van der Waals surface area contributed by atoms with Crippen LogP contribution < -0.4 is 5.32 Å². The Kier molecular flexibility index (Phi) is 3.21. The number of halogens is 1. The van der Waals surface area contributed by atoms with Crippen LogP contribution in [0.2, 0.25) is 0 Å². The number of pyridine rings is 1. The van der Waals surface area contributed by atoms with Gasteiger partial charge in [0.15, 0.2) is 0 Å². The summed E-state index contributed by atoms with van der Waals surface area (Å²) in [4.78, 5) is 2.97. The third kappa shape index (κ3) is 2.24. The van der Waals surface area contributed by atoms with E-state index in [4.69, 9.17) is 4.42 Å². The number of benzene rings is 1. The molecule has 0 bridgehead atoms. The highest BCUT2D eigenvalue weighted by Gasteiger charge is 2.24. The highest BCUT2D eigenvalue weighted by Crippen LogP contribution is 2.31. The minimum absolute atomic E-state index is 0.00374. The third-order valence-corrected chi connectivity index (χ3v) is 5.77. The predicted octanol–water partition coefficient (Wildman–Crippen LogP) is 2.45. The molecule has 23 heavy (non-hydrogen) atoms. The maximum atomic E-state index is 13.7. The molecule has 0 amide bonds. The van der Waals surface area contributed by atoms with Gasteiger partial charge in [0.05, 0.1) is 11.4 Å². The molecular weight excluding hydrogens is 319 g/mol. The van der Waals surface area contributed by atoms with Crippen molar-refractivity contribution in [1.29, 1.82) is 0 Å². The maximum absolute atomic E-state index is 13.7. The standard InChI is InChI=1S/C16H13FN2O3S/c17-16-15(2-1-6-19-16)23(20,21)10-3-4-11-12-5-7-18-9-14(12)22-13(11)8-10/h1-4,6,8,18H,5,7,9H2. The van der Waals surface area contributed by atoms with E-state index in [0.29, 0.717) is 12.1 Å². The molecule has 0 unspecified atom stereocenters. The molecular formula is C16H13FN2O3S. The molecule has 0 fully saturated rings. The number of rotatable bonds is 2. The second-order valence-electron chi connectivity index (χ2n) is 5.38. The van der Waals surface area contributed by atoms with E-state index in [9.17, 15) is 12.8 Å². The normalized spacial score (nSPS) is 14.8. The van der Waals surface area contributed by atoms with Crippen molar-refractivity contribution in [2.45, 2.75) is 22.8 Å². The molecule has 5 nitrogen and oxygen atoms in total. The van der Waals surface area contributed by atoms with Gasteiger partial charge in [-0.3, -0.25) is 0 Å². The summed E-state index contributed by atoms with van der Waals surface area (Å²) in [5.74, 6) is -0.177. The summed E-state index contributed by atoms with van der Waals surface area (Å²) in [5.41, 5.74) is 1.61. The Morgan fingerprint density at radius 1 is 1.26 bits per heavy atom. The van der Waals surface area contributed by atoms with Gasteiger partial charge in [-0.1, -0.05) is 0 Å². The molecule has 1 aliphatic heterocycles. The molecule has 0 radical (unpaired) electrons. The number of fused-ring (bicyclic) bond motifs is 3. The molecule has 0 saturated heterocycles. The van der Waals surface area contributed by atoms with Crippen LogP contribution in [0.25, 0.3) is 11.0 Å².